The second-order valence-electron chi connectivity index (χ2n) is 12.8. The van der Waals surface area contributed by atoms with Crippen molar-refractivity contribution < 1.29 is 28.6 Å². The Balaban J connectivity index is 1.33. The molecule has 1 aliphatic heterocycles. The maximum absolute atomic E-state index is 14.0. The number of halogens is 1. The Labute approximate surface area is 250 Å². The third-order valence-corrected chi connectivity index (χ3v) is 9.01. The monoisotopic (exact) mass is 588 g/mol. The highest BCUT2D eigenvalue weighted by Gasteiger charge is 2.60. The van der Waals surface area contributed by atoms with Crippen LogP contribution in [0.5, 0.6) is 17.2 Å². The van der Waals surface area contributed by atoms with Crippen LogP contribution in [0.3, 0.4) is 0 Å². The van der Waals surface area contributed by atoms with Crippen molar-refractivity contribution in [2.75, 3.05) is 0 Å². The van der Waals surface area contributed by atoms with Gasteiger partial charge in [-0.3, -0.25) is 19.3 Å². The maximum Gasteiger partial charge on any atom is 0.254 e. The molecule has 0 spiro atoms. The molecule has 2 aliphatic carbocycles. The van der Waals surface area contributed by atoms with E-state index in [0.29, 0.717) is 77.2 Å². The van der Waals surface area contributed by atoms with Gasteiger partial charge in [-0.05, 0) is 101 Å². The number of imide groups is 1. The number of rotatable bonds is 7. The number of nitrogens with zero attached hydrogens (tertiary/aromatic N) is 2. The largest absolute Gasteiger partial charge is 0.490 e. The smallest absolute Gasteiger partial charge is 0.254 e. The lowest BCUT2D eigenvalue weighted by Gasteiger charge is -2.34. The number of hydrogen-bond acceptors (Lipinski definition) is 6. The summed E-state index contributed by atoms with van der Waals surface area (Å²) in [6.45, 7) is 6.94. The molecule has 226 valence electrons. The summed E-state index contributed by atoms with van der Waals surface area (Å²) < 4.78 is 28.4. The number of aromatic nitrogens is 1. The highest BCUT2D eigenvalue weighted by atomic mass is 19.1. The first-order valence-corrected chi connectivity index (χ1v) is 14.9. The van der Waals surface area contributed by atoms with Crippen molar-refractivity contribution in [3.05, 3.63) is 75.5 Å². The zero-order valence-corrected chi connectivity index (χ0v) is 25.1. The van der Waals surface area contributed by atoms with E-state index < -0.39 is 5.60 Å². The molecule has 2 aromatic carbocycles. The van der Waals surface area contributed by atoms with Crippen LogP contribution in [-0.4, -0.2) is 38.5 Å². The molecule has 9 heteroatoms. The van der Waals surface area contributed by atoms with Crippen molar-refractivity contribution in [3.8, 4) is 28.4 Å². The summed E-state index contributed by atoms with van der Waals surface area (Å²) >= 11 is 0. The third-order valence-electron chi connectivity index (χ3n) is 9.01. The Morgan fingerprint density at radius 3 is 2.12 bits per heavy atom. The van der Waals surface area contributed by atoms with Crippen molar-refractivity contribution in [3.63, 3.8) is 0 Å². The van der Waals surface area contributed by atoms with Gasteiger partial charge in [0.1, 0.15) is 23.1 Å². The molecule has 2 unspecified atom stereocenters. The fourth-order valence-corrected chi connectivity index (χ4v) is 6.46. The molecular formula is C34H37FN2O6. The molecule has 1 N–H and O–H groups in total. The average Bonchev–Trinajstić information content (AvgIpc) is 3.70. The Bertz CT molecular complexity index is 1640. The van der Waals surface area contributed by atoms with Gasteiger partial charge in [0.25, 0.3) is 5.56 Å². The molecule has 2 atom stereocenters. The number of pyridine rings is 1. The number of piperidine rings is 1. The van der Waals surface area contributed by atoms with E-state index in [4.69, 9.17) is 9.47 Å². The summed E-state index contributed by atoms with van der Waals surface area (Å²) in [4.78, 5) is 39.5. The minimum absolute atomic E-state index is 0.0287. The molecule has 3 aliphatic rings. The van der Waals surface area contributed by atoms with Crippen molar-refractivity contribution >= 4 is 11.8 Å². The number of hydrogen-bond donors (Lipinski definition) is 1. The number of amides is 2. The number of aryl methyl sites for hydroxylation is 3. The first-order valence-electron chi connectivity index (χ1n) is 14.9. The molecule has 1 saturated heterocycles. The van der Waals surface area contributed by atoms with E-state index in [1.165, 1.54) is 27.7 Å². The van der Waals surface area contributed by atoms with E-state index >= 15 is 0 Å². The molecule has 43 heavy (non-hydrogen) atoms. The van der Waals surface area contributed by atoms with Gasteiger partial charge in [-0.15, -0.1) is 0 Å². The van der Waals surface area contributed by atoms with Crippen molar-refractivity contribution in [1.82, 2.24) is 9.47 Å². The van der Waals surface area contributed by atoms with Gasteiger partial charge in [-0.25, -0.2) is 4.39 Å². The molecule has 2 saturated carbocycles. The number of fused-ring (bicyclic) bond motifs is 1. The number of ether oxygens (including phenoxy) is 2. The normalized spacial score (nSPS) is 23.4. The summed E-state index contributed by atoms with van der Waals surface area (Å²) in [5.74, 6) is 0.741. The molecule has 0 bridgehead atoms. The predicted octanol–water partition coefficient (Wildman–Crippen LogP) is 5.52. The Morgan fingerprint density at radius 1 is 0.884 bits per heavy atom. The van der Waals surface area contributed by atoms with E-state index in [2.05, 4.69) is 0 Å². The summed E-state index contributed by atoms with van der Waals surface area (Å²) in [5.41, 5.74) is 1.72. The highest BCUT2D eigenvalue weighted by Crippen LogP contribution is 2.49. The van der Waals surface area contributed by atoms with Gasteiger partial charge in [0.2, 0.25) is 11.8 Å². The number of carbonyl (C=O) groups is 2. The summed E-state index contributed by atoms with van der Waals surface area (Å²) in [7, 11) is 1.66. The minimum atomic E-state index is -1.15. The van der Waals surface area contributed by atoms with Crippen LogP contribution in [0.1, 0.15) is 62.6 Å². The quantitative estimate of drug-likeness (QED) is 0.365. The van der Waals surface area contributed by atoms with Gasteiger partial charge in [-0.2, -0.15) is 0 Å². The van der Waals surface area contributed by atoms with Gasteiger partial charge in [-0.1, -0.05) is 6.07 Å². The average molecular weight is 589 g/mol. The van der Waals surface area contributed by atoms with Crippen LogP contribution >= 0.6 is 0 Å². The molecular weight excluding hydrogens is 551 g/mol. The molecule has 6 rings (SSSR count). The zero-order chi connectivity index (χ0) is 30.8. The molecule has 8 nitrogen and oxygen atoms in total. The van der Waals surface area contributed by atoms with Crippen LogP contribution in [-0.2, 0) is 22.2 Å². The first kappa shape index (κ1) is 29.1. The number of benzene rings is 2. The topological polar surface area (TPSA) is 98.1 Å². The SMILES string of the molecule is Cc1cc(F)cc(C)c1Oc1ccc(C(C)(C)O)cc1-c1cn(C)c(=O)cc1O[C@H]1CC[C@H](N2C(=O)C3CC3C2=O)CC1. The van der Waals surface area contributed by atoms with Crippen molar-refractivity contribution in [2.24, 2.45) is 18.9 Å². The molecule has 2 amide bonds. The van der Waals surface area contributed by atoms with Gasteiger partial charge >= 0.3 is 0 Å². The zero-order valence-electron chi connectivity index (χ0n) is 25.1. The van der Waals surface area contributed by atoms with Gasteiger partial charge in [0.05, 0.1) is 23.5 Å². The number of carbonyl (C=O) groups excluding carboxylic acids is 2. The van der Waals surface area contributed by atoms with Crippen LogP contribution in [0.4, 0.5) is 4.39 Å². The van der Waals surface area contributed by atoms with Crippen molar-refractivity contribution in [1.29, 1.82) is 0 Å². The minimum Gasteiger partial charge on any atom is -0.490 e. The molecule has 3 aromatic rings. The Morgan fingerprint density at radius 2 is 1.51 bits per heavy atom. The third kappa shape index (κ3) is 5.46. The van der Waals surface area contributed by atoms with Gasteiger partial charge in [0.15, 0.2) is 0 Å². The Kier molecular flexibility index (Phi) is 7.19. The number of likely N-dealkylation sites (tertiary alicyclic amines) is 1. The second-order valence-corrected chi connectivity index (χ2v) is 12.8. The summed E-state index contributed by atoms with van der Waals surface area (Å²) in [5, 5.41) is 10.8. The van der Waals surface area contributed by atoms with Crippen LogP contribution in [0.2, 0.25) is 0 Å². The lowest BCUT2D eigenvalue weighted by molar-refractivity contribution is -0.145. The second kappa shape index (κ2) is 10.6. The number of aliphatic hydroxyl groups is 1. The van der Waals surface area contributed by atoms with Crippen molar-refractivity contribution in [2.45, 2.75) is 77.5 Å². The molecule has 2 heterocycles. The van der Waals surface area contributed by atoms with E-state index in [-0.39, 0.29) is 47.2 Å². The summed E-state index contributed by atoms with van der Waals surface area (Å²) in [6.07, 6.45) is 4.73. The van der Waals surface area contributed by atoms with Gasteiger partial charge < -0.3 is 19.1 Å². The molecule has 3 fully saturated rings. The van der Waals surface area contributed by atoms with Gasteiger partial charge in [0, 0.05) is 36.5 Å². The highest BCUT2D eigenvalue weighted by molar-refractivity contribution is 6.09. The first-order chi connectivity index (χ1) is 20.3. The lowest BCUT2D eigenvalue weighted by atomic mass is 9.91. The summed E-state index contributed by atoms with van der Waals surface area (Å²) in [6, 6.07) is 9.54. The van der Waals surface area contributed by atoms with Crippen LogP contribution in [0.15, 0.2) is 47.4 Å². The van der Waals surface area contributed by atoms with Crippen LogP contribution in [0.25, 0.3) is 11.1 Å². The van der Waals surface area contributed by atoms with Crippen LogP contribution < -0.4 is 15.0 Å². The van der Waals surface area contributed by atoms with Crippen LogP contribution in [0, 0.1) is 31.5 Å². The van der Waals surface area contributed by atoms with E-state index in [9.17, 15) is 23.9 Å². The Hall–Kier alpha value is -3.98. The molecule has 0 radical (unpaired) electrons. The van der Waals surface area contributed by atoms with E-state index in [1.54, 1.807) is 53.1 Å². The molecule has 1 aromatic heterocycles. The predicted molar refractivity (Wildman–Crippen MR) is 158 cm³/mol. The van der Waals surface area contributed by atoms with E-state index in [1.807, 2.05) is 6.07 Å². The standard InChI is InChI=1S/C34H37FN2O6/c1-18-12-21(35)13-19(2)31(18)43-28-11-6-20(34(3,4)41)14-24(28)27-17-36(5)30(38)16-29(27)42-23-9-7-22(8-10-23)37-32(39)25-15-26(25)33(37)40/h6,11-14,16-17,22-23,25-26,41H,7-10,15H2,1-5H3/t22-,23-,25?,26?. The fourth-order valence-electron chi connectivity index (χ4n) is 6.46. The maximum atomic E-state index is 14.0. The fraction of sp³-hybridized carbons (Fsp3) is 0.441. The lowest BCUT2D eigenvalue weighted by Crippen LogP contribution is -2.45. The van der Waals surface area contributed by atoms with E-state index in [0.717, 1.165) is 0 Å².